The molecule has 0 saturated carbocycles. The summed E-state index contributed by atoms with van der Waals surface area (Å²) in [5.74, 6) is 0.0945. The van der Waals surface area contributed by atoms with E-state index >= 15 is 0 Å². The maximum absolute atomic E-state index is 14.0. The number of ether oxygens (including phenoxy) is 2. The third kappa shape index (κ3) is 3.66. The van der Waals surface area contributed by atoms with E-state index in [4.69, 9.17) is 9.47 Å². The Morgan fingerprint density at radius 2 is 1.90 bits per heavy atom. The largest absolute Gasteiger partial charge is 0.496 e. The molecule has 0 radical (unpaired) electrons. The first-order valence-electron chi connectivity index (χ1n) is 10.5. The van der Waals surface area contributed by atoms with E-state index in [2.05, 4.69) is 46.4 Å². The fourth-order valence-corrected chi connectivity index (χ4v) is 4.68. The summed E-state index contributed by atoms with van der Waals surface area (Å²) < 4.78 is 25.3. The fraction of sp³-hybridized carbons (Fsp3) is 0.417. The van der Waals surface area contributed by atoms with Crippen LogP contribution in [0.3, 0.4) is 0 Å². The molecule has 0 spiro atoms. The summed E-state index contributed by atoms with van der Waals surface area (Å²) in [6.45, 7) is 7.81. The van der Waals surface area contributed by atoms with Gasteiger partial charge in [0.15, 0.2) is 0 Å². The van der Waals surface area contributed by atoms with Crippen molar-refractivity contribution in [3.05, 3.63) is 66.0 Å². The number of methoxy groups -OCH3 is 1. The molecule has 2 aromatic carbocycles. The van der Waals surface area contributed by atoms with Gasteiger partial charge in [-0.25, -0.2) is 4.39 Å². The van der Waals surface area contributed by atoms with Crippen LogP contribution in [0.1, 0.15) is 30.0 Å². The van der Waals surface area contributed by atoms with Gasteiger partial charge in [-0.05, 0) is 37.6 Å². The number of halogens is 1. The zero-order valence-electron chi connectivity index (χ0n) is 17.7. The zero-order valence-corrected chi connectivity index (χ0v) is 17.7. The maximum Gasteiger partial charge on any atom is 0.133 e. The monoisotopic (exact) mass is 411 g/mol. The van der Waals surface area contributed by atoms with Crippen LogP contribution < -0.4 is 15.4 Å². The fourth-order valence-electron chi connectivity index (χ4n) is 4.68. The van der Waals surface area contributed by atoms with Crippen molar-refractivity contribution in [1.82, 2.24) is 10.2 Å². The van der Waals surface area contributed by atoms with Crippen molar-refractivity contribution in [3.63, 3.8) is 0 Å². The first kappa shape index (κ1) is 20.7. The normalized spacial score (nSPS) is 19.0. The van der Waals surface area contributed by atoms with Crippen LogP contribution in [0.15, 0.2) is 49.0 Å². The summed E-state index contributed by atoms with van der Waals surface area (Å²) in [5, 5.41) is 6.75. The van der Waals surface area contributed by atoms with E-state index in [1.54, 1.807) is 14.2 Å². The Balaban J connectivity index is 1.72. The molecule has 2 fully saturated rings. The van der Waals surface area contributed by atoms with Crippen LogP contribution in [-0.2, 0) is 4.74 Å². The highest BCUT2D eigenvalue weighted by atomic mass is 19.1. The van der Waals surface area contributed by atoms with Crippen LogP contribution in [0.4, 0.5) is 10.1 Å². The number of nitrogens with zero attached hydrogens (tertiary/aromatic N) is 1. The highest BCUT2D eigenvalue weighted by Crippen LogP contribution is 2.42. The van der Waals surface area contributed by atoms with Gasteiger partial charge in [0, 0.05) is 24.5 Å². The smallest absolute Gasteiger partial charge is 0.133 e. The van der Waals surface area contributed by atoms with Gasteiger partial charge in [-0.1, -0.05) is 36.9 Å². The third-order valence-electron chi connectivity index (χ3n) is 6.29. The molecule has 1 unspecified atom stereocenters. The summed E-state index contributed by atoms with van der Waals surface area (Å²) >= 11 is 0. The predicted molar refractivity (Wildman–Crippen MR) is 118 cm³/mol. The maximum atomic E-state index is 14.0. The molecule has 0 aromatic heterocycles. The minimum Gasteiger partial charge on any atom is -0.496 e. The van der Waals surface area contributed by atoms with Crippen LogP contribution in [0, 0.1) is 5.82 Å². The van der Waals surface area contributed by atoms with Crippen LogP contribution in [0.5, 0.6) is 5.75 Å². The van der Waals surface area contributed by atoms with E-state index in [0.717, 1.165) is 18.7 Å². The van der Waals surface area contributed by atoms with Crippen LogP contribution in [0.25, 0.3) is 5.70 Å². The van der Waals surface area contributed by atoms with E-state index in [0.29, 0.717) is 30.3 Å². The van der Waals surface area contributed by atoms with Crippen molar-refractivity contribution in [2.24, 2.45) is 0 Å². The first-order chi connectivity index (χ1) is 14.6. The Morgan fingerprint density at radius 1 is 1.20 bits per heavy atom. The van der Waals surface area contributed by atoms with E-state index in [1.807, 2.05) is 6.07 Å². The molecule has 2 aliphatic rings. The molecule has 2 aliphatic heterocycles. The molecule has 4 rings (SSSR count). The Labute approximate surface area is 177 Å². The van der Waals surface area contributed by atoms with Crippen molar-refractivity contribution in [3.8, 4) is 5.75 Å². The molecule has 1 atom stereocenters. The highest BCUT2D eigenvalue weighted by molar-refractivity contribution is 5.79. The molecule has 30 heavy (non-hydrogen) atoms. The van der Waals surface area contributed by atoms with E-state index < -0.39 is 0 Å². The predicted octanol–water partition coefficient (Wildman–Crippen LogP) is 4.04. The molecular weight excluding hydrogens is 381 g/mol. The number of nitrogens with one attached hydrogen (secondary N) is 2. The molecule has 0 bridgehead atoms. The quantitative estimate of drug-likeness (QED) is 0.686. The van der Waals surface area contributed by atoms with Crippen LogP contribution >= 0.6 is 0 Å². The summed E-state index contributed by atoms with van der Waals surface area (Å²) in [6, 6.07) is 13.3. The molecule has 2 aromatic rings. The molecule has 2 heterocycles. The Kier molecular flexibility index (Phi) is 5.97. The summed E-state index contributed by atoms with van der Waals surface area (Å²) in [7, 11) is 3.32. The van der Waals surface area contributed by atoms with Gasteiger partial charge < -0.3 is 20.1 Å². The second-order valence-electron chi connectivity index (χ2n) is 8.04. The molecule has 0 aliphatic carbocycles. The van der Waals surface area contributed by atoms with Gasteiger partial charge in [0.05, 0.1) is 37.5 Å². The van der Waals surface area contributed by atoms with Gasteiger partial charge >= 0.3 is 0 Å². The summed E-state index contributed by atoms with van der Waals surface area (Å²) in [4.78, 5) is 2.55. The molecule has 2 N–H and O–H groups in total. The number of hydrogen-bond donors (Lipinski definition) is 2. The van der Waals surface area contributed by atoms with E-state index in [9.17, 15) is 4.39 Å². The van der Waals surface area contributed by atoms with Gasteiger partial charge in [-0.15, -0.1) is 0 Å². The molecule has 0 amide bonds. The molecule has 160 valence electrons. The lowest BCUT2D eigenvalue weighted by atomic mass is 9.81. The lowest BCUT2D eigenvalue weighted by Crippen LogP contribution is -2.67. The zero-order chi connectivity index (χ0) is 21.1. The van der Waals surface area contributed by atoms with Gasteiger partial charge in [0.1, 0.15) is 11.6 Å². The van der Waals surface area contributed by atoms with Gasteiger partial charge in [0.25, 0.3) is 0 Å². The van der Waals surface area contributed by atoms with Crippen molar-refractivity contribution < 1.29 is 13.9 Å². The summed E-state index contributed by atoms with van der Waals surface area (Å²) in [6.07, 6.45) is 2.42. The second kappa shape index (κ2) is 8.66. The van der Waals surface area contributed by atoms with Gasteiger partial charge in [0.2, 0.25) is 0 Å². The minimum atomic E-state index is -0.353. The van der Waals surface area contributed by atoms with Gasteiger partial charge in [-0.3, -0.25) is 4.90 Å². The highest BCUT2D eigenvalue weighted by Gasteiger charge is 2.51. The van der Waals surface area contributed by atoms with E-state index in [1.165, 1.54) is 30.5 Å². The van der Waals surface area contributed by atoms with Crippen LogP contribution in [-0.4, -0.2) is 50.9 Å². The average molecular weight is 412 g/mol. The molecular formula is C24H30FN3O2. The topological polar surface area (TPSA) is 45.8 Å². The van der Waals surface area contributed by atoms with Crippen molar-refractivity contribution in [2.75, 3.05) is 45.8 Å². The SMILES string of the molecule is C=C(NC(c1ccccc1)C1(N2CCCC2)COC1)c1c(NC)cc(F)cc1OC. The molecule has 5 nitrogen and oxygen atoms in total. The second-order valence-corrected chi connectivity index (χ2v) is 8.04. The first-order valence-corrected chi connectivity index (χ1v) is 10.5. The van der Waals surface area contributed by atoms with Gasteiger partial charge in [-0.2, -0.15) is 0 Å². The van der Waals surface area contributed by atoms with Crippen LogP contribution in [0.2, 0.25) is 0 Å². The number of benzene rings is 2. The lowest BCUT2D eigenvalue weighted by Gasteiger charge is -2.53. The van der Waals surface area contributed by atoms with Crippen molar-refractivity contribution in [1.29, 1.82) is 0 Å². The van der Waals surface area contributed by atoms with Crippen molar-refractivity contribution in [2.45, 2.75) is 24.4 Å². The number of likely N-dealkylation sites (tertiary alicyclic amines) is 1. The number of hydrogen-bond acceptors (Lipinski definition) is 5. The lowest BCUT2D eigenvalue weighted by molar-refractivity contribution is -0.150. The third-order valence-corrected chi connectivity index (χ3v) is 6.29. The molecule has 2 saturated heterocycles. The minimum absolute atomic E-state index is 0.0162. The Hall–Kier alpha value is -2.57. The Morgan fingerprint density at radius 3 is 2.47 bits per heavy atom. The van der Waals surface area contributed by atoms with E-state index in [-0.39, 0.29) is 17.4 Å². The Bertz CT molecular complexity index is 868. The standard InChI is InChI=1S/C24H30FN3O2/c1-17(22-20(26-2)13-19(25)14-21(22)29-3)27-23(18-9-5-4-6-10-18)24(15-30-16-24)28-11-7-8-12-28/h4-6,9-10,13-14,23,26-27H,1,7-8,11-12,15-16H2,2-3H3. The number of anilines is 1. The number of rotatable bonds is 8. The molecule has 6 heteroatoms. The summed E-state index contributed by atoms with van der Waals surface area (Å²) in [5.41, 5.74) is 3.11. The average Bonchev–Trinajstić information content (AvgIpc) is 3.26. The van der Waals surface area contributed by atoms with Crippen molar-refractivity contribution >= 4 is 11.4 Å².